The molecule has 33 heavy (non-hydrogen) atoms. The quantitative estimate of drug-likeness (QED) is 0.309. The summed E-state index contributed by atoms with van der Waals surface area (Å²) in [6.07, 6.45) is 13.1. The third-order valence-corrected chi connectivity index (χ3v) is 6.55. The highest BCUT2D eigenvalue weighted by molar-refractivity contribution is 9.10. The molecule has 0 bridgehead atoms. The van der Waals surface area contributed by atoms with E-state index in [1.54, 1.807) is 10.8 Å². The monoisotopic (exact) mass is 511 g/mol. The van der Waals surface area contributed by atoms with Gasteiger partial charge in [-0.15, -0.1) is 0 Å². The molecule has 0 N–H and O–H groups in total. The average Bonchev–Trinajstić information content (AvgIpc) is 3.05. The second-order valence-electron chi connectivity index (χ2n) is 7.96. The molecule has 0 atom stereocenters. The number of benzene rings is 1. The summed E-state index contributed by atoms with van der Waals surface area (Å²) in [6.45, 7) is 11.9. The van der Waals surface area contributed by atoms with Gasteiger partial charge in [-0.1, -0.05) is 94.8 Å². The van der Waals surface area contributed by atoms with Crippen molar-refractivity contribution in [2.45, 2.75) is 71.6 Å². The highest BCUT2D eigenvalue weighted by atomic mass is 79.9. The molecule has 1 aromatic heterocycles. The molecule has 0 amide bonds. The molecule has 0 aliphatic carbocycles. The predicted octanol–water partition coefficient (Wildman–Crippen LogP) is 7.55. The lowest BCUT2D eigenvalue weighted by Crippen LogP contribution is -2.23. The molecule has 0 saturated heterocycles. The summed E-state index contributed by atoms with van der Waals surface area (Å²) in [4.78, 5) is 12.2. The molecule has 5 heteroatoms. The molecule has 0 spiro atoms. The van der Waals surface area contributed by atoms with Gasteiger partial charge in [-0.05, 0) is 47.7 Å². The molecule has 0 aliphatic heterocycles. The summed E-state index contributed by atoms with van der Waals surface area (Å²) in [5.41, 5.74) is 2.88. The van der Waals surface area contributed by atoms with Crippen LogP contribution in [0.5, 0.6) is 0 Å². The van der Waals surface area contributed by atoms with E-state index in [1.807, 2.05) is 62.0 Å². The van der Waals surface area contributed by atoms with Crippen LogP contribution in [0.4, 0.5) is 0 Å². The van der Waals surface area contributed by atoms with E-state index in [2.05, 4.69) is 54.6 Å². The maximum atomic E-state index is 12.2. The first-order chi connectivity index (χ1) is 15.9. The number of aromatic nitrogens is 2. The first-order valence-electron chi connectivity index (χ1n) is 11.7. The van der Waals surface area contributed by atoms with Crippen molar-refractivity contribution in [3.8, 4) is 6.07 Å². The van der Waals surface area contributed by atoms with Gasteiger partial charge in [0.25, 0.3) is 5.56 Å². The third-order valence-electron chi connectivity index (χ3n) is 5.76. The summed E-state index contributed by atoms with van der Waals surface area (Å²) >= 11 is 3.38. The number of allylic oxidation sites excluding steroid dienone is 5. The maximum absolute atomic E-state index is 12.2. The lowest BCUT2D eigenvalue weighted by molar-refractivity contribution is 0.453. The lowest BCUT2D eigenvalue weighted by Gasteiger charge is -2.26. The molecule has 2 aromatic rings. The van der Waals surface area contributed by atoms with E-state index in [1.165, 1.54) is 5.56 Å². The van der Waals surface area contributed by atoms with Crippen LogP contribution < -0.4 is 5.56 Å². The van der Waals surface area contributed by atoms with Gasteiger partial charge in [-0.25, -0.2) is 4.68 Å². The van der Waals surface area contributed by atoms with Crippen molar-refractivity contribution in [2.24, 2.45) is 7.05 Å². The molecule has 2 rings (SSSR count). The third kappa shape index (κ3) is 7.20. The minimum absolute atomic E-state index is 0.00514. The fraction of sp³-hybridized carbons (Fsp3) is 0.429. The standard InChI is InChI=1S/C14H19BrN2O.C14H19N/c1-5-8-9-10-11(6-2)17-14(18)13(15)12(7-3)16(17)4;1-3-10-14(12-15,11-4-2)13-8-6-5-7-9-13/h5-6,8-9H,1,7,10H2,2-4H3;5-9H,3-4,10-11H2,1-2H3/b9-8-,11-6+;. The van der Waals surface area contributed by atoms with Crippen molar-refractivity contribution in [3.63, 3.8) is 0 Å². The van der Waals surface area contributed by atoms with Gasteiger partial charge >= 0.3 is 0 Å². The molecular formula is C28H38BrN3O. The molecular weight excluding hydrogens is 474 g/mol. The zero-order valence-corrected chi connectivity index (χ0v) is 22.4. The Morgan fingerprint density at radius 2 is 1.79 bits per heavy atom. The number of hydrogen-bond donors (Lipinski definition) is 0. The number of halogens is 1. The van der Waals surface area contributed by atoms with E-state index >= 15 is 0 Å². The van der Waals surface area contributed by atoms with Crippen molar-refractivity contribution < 1.29 is 0 Å². The zero-order chi connectivity index (χ0) is 24.9. The Balaban J connectivity index is 0.000000335. The largest absolute Gasteiger partial charge is 0.285 e. The summed E-state index contributed by atoms with van der Waals surface area (Å²) < 4.78 is 4.26. The minimum Gasteiger partial charge on any atom is -0.284 e. The molecule has 0 fully saturated rings. The zero-order valence-electron chi connectivity index (χ0n) is 20.8. The van der Waals surface area contributed by atoms with E-state index in [4.69, 9.17) is 0 Å². The molecule has 1 aromatic carbocycles. The Labute approximate surface area is 208 Å². The van der Waals surface area contributed by atoms with Crippen molar-refractivity contribution in [1.29, 1.82) is 5.26 Å². The topological polar surface area (TPSA) is 50.7 Å². The van der Waals surface area contributed by atoms with Crippen LogP contribution in [0.15, 0.2) is 70.5 Å². The smallest absolute Gasteiger partial charge is 0.284 e. The highest BCUT2D eigenvalue weighted by Gasteiger charge is 2.29. The van der Waals surface area contributed by atoms with Crippen molar-refractivity contribution in [2.75, 3.05) is 0 Å². The predicted molar refractivity (Wildman–Crippen MR) is 144 cm³/mol. The van der Waals surface area contributed by atoms with Gasteiger partial charge in [0.05, 0.1) is 17.2 Å². The van der Waals surface area contributed by atoms with Crippen LogP contribution in [0.3, 0.4) is 0 Å². The van der Waals surface area contributed by atoms with Crippen molar-refractivity contribution in [3.05, 3.63) is 87.3 Å². The number of hydrogen-bond acceptors (Lipinski definition) is 2. The fourth-order valence-corrected chi connectivity index (χ4v) is 4.84. The SMILES string of the molecule is C=C/C=C\C/C(=C\C)n1c(=O)c(Br)c(CC)n1C.CCCC(C#N)(CCC)c1ccccc1. The van der Waals surface area contributed by atoms with Crippen LogP contribution in [-0.2, 0) is 18.9 Å². The summed E-state index contributed by atoms with van der Waals surface area (Å²) in [6, 6.07) is 12.7. The van der Waals surface area contributed by atoms with Crippen LogP contribution in [0.2, 0.25) is 0 Å². The number of rotatable bonds is 10. The Hall–Kier alpha value is -2.58. The first-order valence-corrected chi connectivity index (χ1v) is 12.5. The second-order valence-corrected chi connectivity index (χ2v) is 8.76. The van der Waals surface area contributed by atoms with Gasteiger partial charge in [0.2, 0.25) is 0 Å². The molecule has 178 valence electrons. The van der Waals surface area contributed by atoms with Gasteiger partial charge in [0.1, 0.15) is 4.47 Å². The van der Waals surface area contributed by atoms with E-state index in [9.17, 15) is 10.1 Å². The molecule has 4 nitrogen and oxygen atoms in total. The van der Waals surface area contributed by atoms with Crippen molar-refractivity contribution >= 4 is 21.6 Å². The Bertz CT molecular complexity index is 1030. The molecule has 0 unspecified atom stereocenters. The van der Waals surface area contributed by atoms with Gasteiger partial charge in [-0.3, -0.25) is 9.48 Å². The van der Waals surface area contributed by atoms with Crippen LogP contribution in [-0.4, -0.2) is 9.36 Å². The summed E-state index contributed by atoms with van der Waals surface area (Å²) in [7, 11) is 1.91. The van der Waals surface area contributed by atoms with Gasteiger partial charge < -0.3 is 0 Å². The highest BCUT2D eigenvalue weighted by Crippen LogP contribution is 2.33. The fourth-order valence-electron chi connectivity index (χ4n) is 4.13. The molecule has 0 aliphatic rings. The summed E-state index contributed by atoms with van der Waals surface area (Å²) in [5.74, 6) is 0. The van der Waals surface area contributed by atoms with E-state index in [-0.39, 0.29) is 11.0 Å². The minimum atomic E-state index is -0.259. The van der Waals surface area contributed by atoms with E-state index in [0.29, 0.717) is 10.9 Å². The number of nitrogens with zero attached hydrogens (tertiary/aromatic N) is 3. The second kappa shape index (κ2) is 14.5. The van der Waals surface area contributed by atoms with E-state index < -0.39 is 0 Å². The Kier molecular flexibility index (Phi) is 12.5. The Morgan fingerprint density at radius 1 is 1.18 bits per heavy atom. The average molecular weight is 513 g/mol. The van der Waals surface area contributed by atoms with Crippen molar-refractivity contribution in [1.82, 2.24) is 9.36 Å². The van der Waals surface area contributed by atoms with Gasteiger partial charge in [0, 0.05) is 19.2 Å². The maximum Gasteiger partial charge on any atom is 0.285 e. The normalized spacial score (nSPS) is 11.7. The molecule has 0 radical (unpaired) electrons. The van der Waals surface area contributed by atoms with Crippen LogP contribution in [0, 0.1) is 11.3 Å². The van der Waals surface area contributed by atoms with Crippen LogP contribution >= 0.6 is 15.9 Å². The van der Waals surface area contributed by atoms with Gasteiger partial charge in [-0.2, -0.15) is 5.26 Å². The first kappa shape index (κ1) is 28.5. The summed E-state index contributed by atoms with van der Waals surface area (Å²) in [5, 5.41) is 9.44. The lowest BCUT2D eigenvalue weighted by atomic mass is 9.75. The van der Waals surface area contributed by atoms with E-state index in [0.717, 1.165) is 43.5 Å². The Morgan fingerprint density at radius 3 is 2.21 bits per heavy atom. The van der Waals surface area contributed by atoms with Gasteiger partial charge in [0.15, 0.2) is 0 Å². The number of nitriles is 1. The van der Waals surface area contributed by atoms with Crippen LogP contribution in [0.25, 0.3) is 5.70 Å². The molecule has 1 heterocycles. The molecule has 0 saturated carbocycles. The van der Waals surface area contributed by atoms with Crippen LogP contribution in [0.1, 0.15) is 71.1 Å².